The maximum absolute atomic E-state index is 4.77. The molecule has 4 rings (SSSR count). The van der Waals surface area contributed by atoms with Gasteiger partial charge in [0.1, 0.15) is 5.82 Å². The van der Waals surface area contributed by atoms with E-state index in [-0.39, 0.29) is 0 Å². The lowest BCUT2D eigenvalue weighted by atomic mass is 9.96. The summed E-state index contributed by atoms with van der Waals surface area (Å²) in [5.41, 5.74) is 3.74. The van der Waals surface area contributed by atoms with Crippen molar-refractivity contribution in [3.05, 3.63) is 58.3 Å². The summed E-state index contributed by atoms with van der Waals surface area (Å²) in [6.45, 7) is 6.63. The standard InChI is InChI=1S/C20H23BrN4/c1-14(2)17-5-3-15(4-6-17)11-16-7-9-24(13-16)19-8-10-25-20(23-19)18(21)12-22-25/h3-6,8,10,12,14,16H,7,9,11,13H2,1-2H3. The Bertz CT molecular complexity index is 869. The zero-order chi connectivity index (χ0) is 17.4. The number of benzene rings is 1. The average molecular weight is 399 g/mol. The Hall–Kier alpha value is -1.88. The first-order valence-electron chi connectivity index (χ1n) is 8.94. The lowest BCUT2D eigenvalue weighted by Crippen LogP contribution is -2.21. The van der Waals surface area contributed by atoms with Crippen molar-refractivity contribution < 1.29 is 0 Å². The van der Waals surface area contributed by atoms with Crippen LogP contribution in [0.3, 0.4) is 0 Å². The van der Waals surface area contributed by atoms with Gasteiger partial charge < -0.3 is 4.90 Å². The zero-order valence-corrected chi connectivity index (χ0v) is 16.3. The highest BCUT2D eigenvalue weighted by atomic mass is 79.9. The molecule has 1 aliphatic rings. The zero-order valence-electron chi connectivity index (χ0n) is 14.7. The van der Waals surface area contributed by atoms with E-state index in [1.54, 1.807) is 10.7 Å². The molecule has 1 fully saturated rings. The van der Waals surface area contributed by atoms with Gasteiger partial charge in [0.2, 0.25) is 0 Å². The normalized spacial score (nSPS) is 17.8. The summed E-state index contributed by atoms with van der Waals surface area (Å²) in [6, 6.07) is 11.2. The Balaban J connectivity index is 1.44. The van der Waals surface area contributed by atoms with Crippen molar-refractivity contribution in [1.82, 2.24) is 14.6 Å². The Morgan fingerprint density at radius 3 is 2.76 bits per heavy atom. The van der Waals surface area contributed by atoms with Gasteiger partial charge in [0.05, 0.1) is 10.7 Å². The summed E-state index contributed by atoms with van der Waals surface area (Å²) in [6.07, 6.45) is 6.15. The second kappa shape index (κ2) is 6.79. The molecule has 0 N–H and O–H groups in total. The largest absolute Gasteiger partial charge is 0.356 e. The number of halogens is 1. The molecule has 1 atom stereocenters. The van der Waals surface area contributed by atoms with Gasteiger partial charge in [-0.1, -0.05) is 38.1 Å². The summed E-state index contributed by atoms with van der Waals surface area (Å²) in [4.78, 5) is 7.16. The van der Waals surface area contributed by atoms with Crippen molar-refractivity contribution in [2.75, 3.05) is 18.0 Å². The highest BCUT2D eigenvalue weighted by Gasteiger charge is 2.24. The van der Waals surface area contributed by atoms with Crippen molar-refractivity contribution in [2.45, 2.75) is 32.6 Å². The summed E-state index contributed by atoms with van der Waals surface area (Å²) in [7, 11) is 0. The van der Waals surface area contributed by atoms with E-state index >= 15 is 0 Å². The van der Waals surface area contributed by atoms with Crippen LogP contribution in [-0.4, -0.2) is 27.7 Å². The molecule has 0 amide bonds. The monoisotopic (exact) mass is 398 g/mol. The number of hydrogen-bond acceptors (Lipinski definition) is 3. The first kappa shape index (κ1) is 16.6. The van der Waals surface area contributed by atoms with Crippen LogP contribution in [0.4, 0.5) is 5.82 Å². The summed E-state index contributed by atoms with van der Waals surface area (Å²) >= 11 is 3.52. The molecule has 25 heavy (non-hydrogen) atoms. The van der Waals surface area contributed by atoms with Gasteiger partial charge >= 0.3 is 0 Å². The Morgan fingerprint density at radius 2 is 2.00 bits per heavy atom. The van der Waals surface area contributed by atoms with Crippen LogP contribution in [0.1, 0.15) is 37.3 Å². The lowest BCUT2D eigenvalue weighted by Gasteiger charge is -2.18. The molecular weight excluding hydrogens is 376 g/mol. The summed E-state index contributed by atoms with van der Waals surface area (Å²) in [5, 5.41) is 4.26. The van der Waals surface area contributed by atoms with Crippen LogP contribution in [0.5, 0.6) is 0 Å². The van der Waals surface area contributed by atoms with E-state index in [0.29, 0.717) is 11.8 Å². The van der Waals surface area contributed by atoms with Crippen molar-refractivity contribution in [2.24, 2.45) is 5.92 Å². The topological polar surface area (TPSA) is 33.4 Å². The third kappa shape index (κ3) is 3.43. The fraction of sp³-hybridized carbons (Fsp3) is 0.400. The molecule has 0 aliphatic carbocycles. The highest BCUT2D eigenvalue weighted by molar-refractivity contribution is 9.10. The van der Waals surface area contributed by atoms with Crippen molar-refractivity contribution in [3.63, 3.8) is 0 Å². The van der Waals surface area contributed by atoms with Crippen molar-refractivity contribution in [3.8, 4) is 0 Å². The van der Waals surface area contributed by atoms with E-state index in [1.807, 2.05) is 6.20 Å². The minimum absolute atomic E-state index is 0.597. The number of anilines is 1. The Kier molecular flexibility index (Phi) is 4.50. The molecule has 3 aromatic rings. The van der Waals surface area contributed by atoms with Gasteiger partial charge in [-0.15, -0.1) is 0 Å². The van der Waals surface area contributed by atoms with Gasteiger partial charge in [-0.25, -0.2) is 9.50 Å². The number of rotatable bonds is 4. The molecule has 0 bridgehead atoms. The van der Waals surface area contributed by atoms with Crippen LogP contribution in [0.25, 0.3) is 5.65 Å². The van der Waals surface area contributed by atoms with E-state index < -0.39 is 0 Å². The van der Waals surface area contributed by atoms with Crippen LogP contribution in [0.15, 0.2) is 47.2 Å². The fourth-order valence-electron chi connectivity index (χ4n) is 3.59. The highest BCUT2D eigenvalue weighted by Crippen LogP contribution is 2.27. The van der Waals surface area contributed by atoms with E-state index in [2.05, 4.69) is 70.1 Å². The van der Waals surface area contributed by atoms with Crippen LogP contribution in [0.2, 0.25) is 0 Å². The third-order valence-electron chi connectivity index (χ3n) is 5.09. The molecular formula is C20H23BrN4. The van der Waals surface area contributed by atoms with E-state index in [0.717, 1.165) is 35.4 Å². The average Bonchev–Trinajstić information content (AvgIpc) is 3.22. The quantitative estimate of drug-likeness (QED) is 0.639. The predicted octanol–water partition coefficient (Wildman–Crippen LogP) is 4.68. The summed E-state index contributed by atoms with van der Waals surface area (Å²) in [5.74, 6) is 2.34. The number of nitrogens with zero attached hydrogens (tertiary/aromatic N) is 4. The molecule has 2 aromatic heterocycles. The first-order chi connectivity index (χ1) is 12.1. The van der Waals surface area contributed by atoms with Crippen LogP contribution >= 0.6 is 15.9 Å². The first-order valence-corrected chi connectivity index (χ1v) is 9.73. The van der Waals surface area contributed by atoms with Gasteiger partial charge in [0, 0.05) is 19.3 Å². The minimum atomic E-state index is 0.597. The smallest absolute Gasteiger partial charge is 0.171 e. The molecule has 130 valence electrons. The molecule has 5 heteroatoms. The molecule has 3 heterocycles. The van der Waals surface area contributed by atoms with Crippen LogP contribution in [-0.2, 0) is 6.42 Å². The number of fused-ring (bicyclic) bond motifs is 1. The van der Waals surface area contributed by atoms with E-state index in [4.69, 9.17) is 4.98 Å². The lowest BCUT2D eigenvalue weighted by molar-refractivity contribution is 0.586. The van der Waals surface area contributed by atoms with Gasteiger partial charge in [0.15, 0.2) is 5.65 Å². The third-order valence-corrected chi connectivity index (χ3v) is 5.65. The number of hydrogen-bond donors (Lipinski definition) is 0. The van der Waals surface area contributed by atoms with Crippen LogP contribution < -0.4 is 4.90 Å². The van der Waals surface area contributed by atoms with E-state index in [9.17, 15) is 0 Å². The van der Waals surface area contributed by atoms with Gasteiger partial charge in [-0.2, -0.15) is 5.10 Å². The minimum Gasteiger partial charge on any atom is -0.356 e. The van der Waals surface area contributed by atoms with Crippen molar-refractivity contribution >= 4 is 27.4 Å². The molecule has 0 saturated carbocycles. The van der Waals surface area contributed by atoms with Crippen molar-refractivity contribution in [1.29, 1.82) is 0 Å². The fourth-order valence-corrected chi connectivity index (χ4v) is 3.95. The maximum Gasteiger partial charge on any atom is 0.171 e. The SMILES string of the molecule is CC(C)c1ccc(CC2CCN(c3ccn4ncc(Br)c4n3)C2)cc1. The van der Waals surface area contributed by atoms with Crippen LogP contribution in [0, 0.1) is 5.92 Å². The molecule has 4 nitrogen and oxygen atoms in total. The molecule has 1 aromatic carbocycles. The molecule has 1 unspecified atom stereocenters. The molecule has 0 spiro atoms. The van der Waals surface area contributed by atoms with Gasteiger partial charge in [-0.3, -0.25) is 0 Å². The second-order valence-corrected chi connectivity index (χ2v) is 8.10. The van der Waals surface area contributed by atoms with Gasteiger partial charge in [0.25, 0.3) is 0 Å². The Labute approximate surface area is 157 Å². The number of aromatic nitrogens is 3. The maximum atomic E-state index is 4.77. The molecule has 1 aliphatic heterocycles. The Morgan fingerprint density at radius 1 is 1.20 bits per heavy atom. The summed E-state index contributed by atoms with van der Waals surface area (Å²) < 4.78 is 2.74. The second-order valence-electron chi connectivity index (χ2n) is 7.25. The molecule has 1 saturated heterocycles. The van der Waals surface area contributed by atoms with Gasteiger partial charge in [-0.05, 0) is 57.8 Å². The predicted molar refractivity (Wildman–Crippen MR) is 105 cm³/mol. The van der Waals surface area contributed by atoms with E-state index in [1.165, 1.54) is 17.5 Å². The molecule has 0 radical (unpaired) electrons.